The summed E-state index contributed by atoms with van der Waals surface area (Å²) in [6, 6.07) is 0.0610. The summed E-state index contributed by atoms with van der Waals surface area (Å²) in [6.07, 6.45) is 2.89. The molecule has 1 aliphatic rings. The fourth-order valence-corrected chi connectivity index (χ4v) is 3.67. The van der Waals surface area contributed by atoms with Crippen LogP contribution in [0.4, 0.5) is 0 Å². The van der Waals surface area contributed by atoms with Gasteiger partial charge >= 0.3 is 0 Å². The number of sulfonamides is 1. The highest BCUT2D eigenvalue weighted by Gasteiger charge is 2.31. The van der Waals surface area contributed by atoms with E-state index < -0.39 is 10.0 Å². The zero-order chi connectivity index (χ0) is 11.5. The lowest BCUT2D eigenvalue weighted by Crippen LogP contribution is -2.40. The molecule has 0 aromatic carbocycles. The maximum atomic E-state index is 12.0. The molecule has 0 radical (unpaired) electrons. The highest BCUT2D eigenvalue weighted by molar-refractivity contribution is 7.89. The van der Waals surface area contributed by atoms with Gasteiger partial charge in [0.15, 0.2) is 0 Å². The Morgan fingerprint density at radius 3 is 2.40 bits per heavy atom. The van der Waals surface area contributed by atoms with Crippen LogP contribution >= 0.6 is 11.6 Å². The molecule has 90 valence electrons. The zero-order valence-electron chi connectivity index (χ0n) is 9.45. The molecule has 1 rings (SSSR count). The van der Waals surface area contributed by atoms with Gasteiger partial charge in [-0.3, -0.25) is 0 Å². The van der Waals surface area contributed by atoms with Gasteiger partial charge in [-0.2, -0.15) is 4.31 Å². The smallest absolute Gasteiger partial charge is 0.212 e. The molecule has 0 atom stereocenters. The molecule has 15 heavy (non-hydrogen) atoms. The third kappa shape index (κ3) is 4.29. The third-order valence-corrected chi connectivity index (χ3v) is 4.96. The molecule has 0 N–H and O–H groups in total. The fraction of sp³-hybridized carbons (Fsp3) is 1.00. The topological polar surface area (TPSA) is 37.4 Å². The Labute approximate surface area is 97.8 Å². The second-order valence-electron chi connectivity index (χ2n) is 4.47. The Hall–Kier alpha value is 0.200. The maximum absolute atomic E-state index is 12.0. The zero-order valence-corrected chi connectivity index (χ0v) is 11.0. The van der Waals surface area contributed by atoms with Gasteiger partial charge in [-0.05, 0) is 39.0 Å². The van der Waals surface area contributed by atoms with Crippen LogP contribution in [0.5, 0.6) is 0 Å². The molecular weight excluding hydrogens is 234 g/mol. The van der Waals surface area contributed by atoms with Crippen LogP contribution in [-0.4, -0.2) is 36.9 Å². The summed E-state index contributed by atoms with van der Waals surface area (Å²) in [4.78, 5) is 0. The molecule has 0 aliphatic heterocycles. The lowest BCUT2D eigenvalue weighted by Gasteiger charge is -2.25. The summed E-state index contributed by atoms with van der Waals surface area (Å²) in [6.45, 7) is 4.56. The summed E-state index contributed by atoms with van der Waals surface area (Å²) in [5.74, 6) is 1.19. The predicted octanol–water partition coefficient (Wildman–Crippen LogP) is 2.07. The van der Waals surface area contributed by atoms with Gasteiger partial charge in [0.25, 0.3) is 0 Å². The summed E-state index contributed by atoms with van der Waals surface area (Å²) in [5, 5.41) is 0. The summed E-state index contributed by atoms with van der Waals surface area (Å²) >= 11 is 5.53. The van der Waals surface area contributed by atoms with Crippen molar-refractivity contribution in [3.8, 4) is 0 Å². The average molecular weight is 254 g/mol. The van der Waals surface area contributed by atoms with E-state index in [1.165, 1.54) is 12.8 Å². The molecule has 1 fully saturated rings. The Kier molecular flexibility index (Phi) is 4.87. The van der Waals surface area contributed by atoms with Crippen LogP contribution in [0.2, 0.25) is 0 Å². The van der Waals surface area contributed by atoms with E-state index in [-0.39, 0.29) is 11.8 Å². The van der Waals surface area contributed by atoms with Gasteiger partial charge in [0.2, 0.25) is 10.0 Å². The second-order valence-corrected chi connectivity index (χ2v) is 6.88. The number of hydrogen-bond donors (Lipinski definition) is 0. The minimum Gasteiger partial charge on any atom is -0.212 e. The number of rotatable bonds is 7. The van der Waals surface area contributed by atoms with Gasteiger partial charge in [-0.1, -0.05) is 0 Å². The van der Waals surface area contributed by atoms with Crippen molar-refractivity contribution in [3.63, 3.8) is 0 Å². The second kappa shape index (κ2) is 5.51. The highest BCUT2D eigenvalue weighted by atomic mass is 35.5. The molecular formula is C10H20ClNO2S. The molecule has 5 heteroatoms. The highest BCUT2D eigenvalue weighted by Crippen LogP contribution is 2.31. The van der Waals surface area contributed by atoms with E-state index in [1.807, 2.05) is 13.8 Å². The number of halogens is 1. The van der Waals surface area contributed by atoms with Gasteiger partial charge in [-0.15, -0.1) is 11.6 Å². The standard InChI is InChI=1S/C10H20ClNO2S/c1-9(2)12(8-10-4-5-10)15(13,14)7-3-6-11/h9-10H,3-8H2,1-2H3. The minimum absolute atomic E-state index is 0.0610. The Morgan fingerprint density at radius 2 is 2.00 bits per heavy atom. The fourth-order valence-electron chi connectivity index (χ4n) is 1.55. The largest absolute Gasteiger partial charge is 0.214 e. The molecule has 0 amide bonds. The average Bonchev–Trinajstić information content (AvgIpc) is 2.93. The minimum atomic E-state index is -3.09. The van der Waals surface area contributed by atoms with E-state index >= 15 is 0 Å². The molecule has 0 unspecified atom stereocenters. The Balaban J connectivity index is 2.59. The first-order chi connectivity index (χ1) is 6.97. The van der Waals surface area contributed by atoms with Crippen molar-refractivity contribution in [1.82, 2.24) is 4.31 Å². The number of hydrogen-bond acceptors (Lipinski definition) is 2. The van der Waals surface area contributed by atoms with E-state index in [0.717, 1.165) is 0 Å². The van der Waals surface area contributed by atoms with Gasteiger partial charge in [0.05, 0.1) is 5.75 Å². The van der Waals surface area contributed by atoms with Gasteiger partial charge in [0.1, 0.15) is 0 Å². The number of alkyl halides is 1. The van der Waals surface area contributed by atoms with Gasteiger partial charge < -0.3 is 0 Å². The van der Waals surface area contributed by atoms with Crippen LogP contribution in [0.15, 0.2) is 0 Å². The van der Waals surface area contributed by atoms with Crippen LogP contribution in [0.1, 0.15) is 33.1 Å². The van der Waals surface area contributed by atoms with E-state index in [9.17, 15) is 8.42 Å². The molecule has 3 nitrogen and oxygen atoms in total. The molecule has 1 saturated carbocycles. The van der Waals surface area contributed by atoms with Crippen LogP contribution < -0.4 is 0 Å². The normalized spacial score (nSPS) is 17.7. The molecule has 0 bridgehead atoms. The quantitative estimate of drug-likeness (QED) is 0.652. The van der Waals surface area contributed by atoms with Crippen molar-refractivity contribution < 1.29 is 8.42 Å². The van der Waals surface area contributed by atoms with E-state index in [1.54, 1.807) is 4.31 Å². The summed E-state index contributed by atoms with van der Waals surface area (Å²) in [7, 11) is -3.09. The predicted molar refractivity (Wildman–Crippen MR) is 63.7 cm³/mol. The Bertz CT molecular complexity index is 286. The monoisotopic (exact) mass is 253 g/mol. The first kappa shape index (κ1) is 13.3. The lowest BCUT2D eigenvalue weighted by molar-refractivity contribution is 0.341. The molecule has 0 saturated heterocycles. The van der Waals surface area contributed by atoms with Crippen molar-refractivity contribution >= 4 is 21.6 Å². The van der Waals surface area contributed by atoms with Crippen molar-refractivity contribution in [2.24, 2.45) is 5.92 Å². The molecule has 0 heterocycles. The number of nitrogens with zero attached hydrogens (tertiary/aromatic N) is 1. The van der Waals surface area contributed by atoms with Gasteiger partial charge in [0, 0.05) is 18.5 Å². The molecule has 0 spiro atoms. The maximum Gasteiger partial charge on any atom is 0.214 e. The van der Waals surface area contributed by atoms with E-state index in [0.29, 0.717) is 24.8 Å². The summed E-state index contributed by atoms with van der Waals surface area (Å²) in [5.41, 5.74) is 0. The first-order valence-corrected chi connectivity index (χ1v) is 7.67. The first-order valence-electron chi connectivity index (χ1n) is 5.53. The van der Waals surface area contributed by atoms with Crippen LogP contribution in [0.3, 0.4) is 0 Å². The Morgan fingerprint density at radius 1 is 1.40 bits per heavy atom. The van der Waals surface area contributed by atoms with E-state index in [4.69, 9.17) is 11.6 Å². The van der Waals surface area contributed by atoms with Crippen LogP contribution in [0, 0.1) is 5.92 Å². The van der Waals surface area contributed by atoms with Crippen molar-refractivity contribution in [2.45, 2.75) is 39.2 Å². The van der Waals surface area contributed by atoms with Crippen LogP contribution in [0.25, 0.3) is 0 Å². The van der Waals surface area contributed by atoms with Gasteiger partial charge in [-0.25, -0.2) is 8.42 Å². The SMILES string of the molecule is CC(C)N(CC1CC1)S(=O)(=O)CCCCl. The van der Waals surface area contributed by atoms with Crippen molar-refractivity contribution in [1.29, 1.82) is 0 Å². The third-order valence-electron chi connectivity index (χ3n) is 2.60. The van der Waals surface area contributed by atoms with Crippen LogP contribution in [-0.2, 0) is 10.0 Å². The van der Waals surface area contributed by atoms with Crippen molar-refractivity contribution in [3.05, 3.63) is 0 Å². The lowest BCUT2D eigenvalue weighted by atomic mass is 10.3. The van der Waals surface area contributed by atoms with E-state index in [2.05, 4.69) is 0 Å². The molecule has 1 aliphatic carbocycles. The molecule has 0 aromatic heterocycles. The summed E-state index contributed by atoms with van der Waals surface area (Å²) < 4.78 is 25.6. The molecule has 0 aromatic rings. The van der Waals surface area contributed by atoms with Crippen molar-refractivity contribution in [2.75, 3.05) is 18.2 Å².